The Labute approximate surface area is 125 Å². The van der Waals surface area contributed by atoms with Crippen LogP contribution in [0.4, 0.5) is 0 Å². The average molecular weight is 274 g/mol. The van der Waals surface area contributed by atoms with E-state index in [1.54, 1.807) is 12.1 Å². The Kier molecular flexibility index (Phi) is 4.02. The Bertz CT molecular complexity index is 672. The molecule has 0 aliphatic heterocycles. The Hall–Kier alpha value is -2.54. The van der Waals surface area contributed by atoms with Crippen LogP contribution in [0.3, 0.4) is 0 Å². The molecule has 1 atom stereocenters. The number of phenolic OH excluding ortho intramolecular Hbond substituents is 1. The van der Waals surface area contributed by atoms with E-state index in [1.807, 2.05) is 24.3 Å². The van der Waals surface area contributed by atoms with Crippen molar-refractivity contribution >= 4 is 0 Å². The molecule has 0 aliphatic rings. The first-order valence-electron chi connectivity index (χ1n) is 7.21. The number of hydrogen-bond donors (Lipinski definition) is 1. The molecule has 1 nitrogen and oxygen atoms in total. The highest BCUT2D eigenvalue weighted by Crippen LogP contribution is 2.29. The van der Waals surface area contributed by atoms with Gasteiger partial charge >= 0.3 is 0 Å². The molecule has 0 spiro atoms. The van der Waals surface area contributed by atoms with Crippen LogP contribution < -0.4 is 0 Å². The van der Waals surface area contributed by atoms with Crippen LogP contribution in [0.15, 0.2) is 84.9 Å². The minimum Gasteiger partial charge on any atom is -0.508 e. The summed E-state index contributed by atoms with van der Waals surface area (Å²) >= 11 is 0. The van der Waals surface area contributed by atoms with E-state index in [0.29, 0.717) is 11.7 Å². The second kappa shape index (κ2) is 6.27. The van der Waals surface area contributed by atoms with Crippen molar-refractivity contribution in [3.8, 4) is 5.75 Å². The lowest BCUT2D eigenvalue weighted by Crippen LogP contribution is -2.04. The van der Waals surface area contributed by atoms with Crippen LogP contribution in [0, 0.1) is 0 Å². The van der Waals surface area contributed by atoms with E-state index in [1.165, 1.54) is 16.7 Å². The third-order valence-electron chi connectivity index (χ3n) is 3.78. The second-order valence-electron chi connectivity index (χ2n) is 5.24. The van der Waals surface area contributed by atoms with E-state index in [4.69, 9.17) is 0 Å². The van der Waals surface area contributed by atoms with Gasteiger partial charge in [-0.1, -0.05) is 72.8 Å². The molecule has 0 saturated carbocycles. The minimum absolute atomic E-state index is 0.300. The van der Waals surface area contributed by atoms with Crippen LogP contribution in [-0.2, 0) is 6.42 Å². The summed E-state index contributed by atoms with van der Waals surface area (Å²) in [5.41, 5.74) is 3.84. The van der Waals surface area contributed by atoms with E-state index in [-0.39, 0.29) is 0 Å². The molecule has 0 saturated heterocycles. The molecule has 104 valence electrons. The van der Waals surface area contributed by atoms with E-state index in [9.17, 15) is 5.11 Å². The summed E-state index contributed by atoms with van der Waals surface area (Å²) in [6, 6.07) is 28.6. The van der Waals surface area contributed by atoms with Gasteiger partial charge in [0.25, 0.3) is 0 Å². The van der Waals surface area contributed by atoms with Crippen LogP contribution in [0.25, 0.3) is 0 Å². The molecular weight excluding hydrogens is 256 g/mol. The molecule has 3 rings (SSSR count). The fourth-order valence-corrected chi connectivity index (χ4v) is 2.67. The van der Waals surface area contributed by atoms with Gasteiger partial charge in [-0.05, 0) is 35.2 Å². The Balaban J connectivity index is 1.97. The third-order valence-corrected chi connectivity index (χ3v) is 3.78. The standard InChI is InChI=1S/C20H18O/c21-19-13-11-18(12-14-19)20(17-9-5-2-6-10-17)15-16-7-3-1-4-8-16/h1-14,20-21H,15H2. The van der Waals surface area contributed by atoms with Crippen molar-refractivity contribution in [2.75, 3.05) is 0 Å². The van der Waals surface area contributed by atoms with Crippen LogP contribution in [0.5, 0.6) is 5.75 Å². The van der Waals surface area contributed by atoms with E-state index >= 15 is 0 Å². The van der Waals surface area contributed by atoms with Gasteiger partial charge in [0.15, 0.2) is 0 Å². The molecule has 0 aromatic heterocycles. The molecule has 0 radical (unpaired) electrons. The first-order chi connectivity index (χ1) is 10.3. The third kappa shape index (κ3) is 3.32. The molecular formula is C20H18O. The summed E-state index contributed by atoms with van der Waals surface area (Å²) in [5, 5.41) is 9.50. The average Bonchev–Trinajstić information content (AvgIpc) is 2.55. The van der Waals surface area contributed by atoms with E-state index < -0.39 is 0 Å². The van der Waals surface area contributed by atoms with Gasteiger partial charge in [0.05, 0.1) is 0 Å². The quantitative estimate of drug-likeness (QED) is 0.726. The van der Waals surface area contributed by atoms with Gasteiger partial charge in [-0.15, -0.1) is 0 Å². The summed E-state index contributed by atoms with van der Waals surface area (Å²) in [5.74, 6) is 0.611. The summed E-state index contributed by atoms with van der Waals surface area (Å²) < 4.78 is 0. The van der Waals surface area contributed by atoms with Crippen LogP contribution in [0.2, 0.25) is 0 Å². The molecule has 0 fully saturated rings. The maximum atomic E-state index is 9.50. The maximum Gasteiger partial charge on any atom is 0.115 e. The van der Waals surface area contributed by atoms with Gasteiger partial charge < -0.3 is 5.11 Å². The number of rotatable bonds is 4. The Morgan fingerprint density at radius 2 is 1.14 bits per heavy atom. The van der Waals surface area contributed by atoms with Crippen LogP contribution in [-0.4, -0.2) is 5.11 Å². The molecule has 0 amide bonds. The fourth-order valence-electron chi connectivity index (χ4n) is 2.67. The highest BCUT2D eigenvalue weighted by Gasteiger charge is 2.14. The first kappa shape index (κ1) is 13.4. The molecule has 0 aliphatic carbocycles. The van der Waals surface area contributed by atoms with Gasteiger partial charge in [-0.25, -0.2) is 0 Å². The highest BCUT2D eigenvalue weighted by molar-refractivity contribution is 5.37. The smallest absolute Gasteiger partial charge is 0.115 e. The van der Waals surface area contributed by atoms with Gasteiger partial charge in [0, 0.05) is 5.92 Å². The first-order valence-corrected chi connectivity index (χ1v) is 7.21. The lowest BCUT2D eigenvalue weighted by atomic mass is 9.86. The Morgan fingerprint density at radius 1 is 0.619 bits per heavy atom. The topological polar surface area (TPSA) is 20.2 Å². The summed E-state index contributed by atoms with van der Waals surface area (Å²) in [6.45, 7) is 0. The minimum atomic E-state index is 0.300. The largest absolute Gasteiger partial charge is 0.508 e. The summed E-state index contributed by atoms with van der Waals surface area (Å²) in [4.78, 5) is 0. The van der Waals surface area contributed by atoms with Crippen molar-refractivity contribution < 1.29 is 5.11 Å². The lowest BCUT2D eigenvalue weighted by Gasteiger charge is -2.18. The number of aromatic hydroxyl groups is 1. The zero-order chi connectivity index (χ0) is 14.5. The highest BCUT2D eigenvalue weighted by atomic mass is 16.3. The zero-order valence-electron chi connectivity index (χ0n) is 11.8. The summed E-state index contributed by atoms with van der Waals surface area (Å²) in [7, 11) is 0. The SMILES string of the molecule is Oc1ccc(C(Cc2ccccc2)c2ccccc2)cc1. The van der Waals surface area contributed by atoms with E-state index in [0.717, 1.165) is 6.42 Å². The molecule has 1 heteroatoms. The van der Waals surface area contributed by atoms with Crippen molar-refractivity contribution in [2.45, 2.75) is 12.3 Å². The van der Waals surface area contributed by atoms with Gasteiger partial charge in [0.2, 0.25) is 0 Å². The Morgan fingerprint density at radius 3 is 1.76 bits per heavy atom. The predicted molar refractivity (Wildman–Crippen MR) is 86.5 cm³/mol. The van der Waals surface area contributed by atoms with Crippen molar-refractivity contribution in [3.05, 3.63) is 102 Å². The molecule has 3 aromatic carbocycles. The van der Waals surface area contributed by atoms with Crippen molar-refractivity contribution in [1.29, 1.82) is 0 Å². The van der Waals surface area contributed by atoms with Gasteiger partial charge in [-0.3, -0.25) is 0 Å². The predicted octanol–water partition coefficient (Wildman–Crippen LogP) is 4.77. The molecule has 21 heavy (non-hydrogen) atoms. The molecule has 0 heterocycles. The summed E-state index contributed by atoms with van der Waals surface area (Å²) in [6.07, 6.45) is 0.954. The number of hydrogen-bond acceptors (Lipinski definition) is 1. The molecule has 0 bridgehead atoms. The van der Waals surface area contributed by atoms with Crippen molar-refractivity contribution in [2.24, 2.45) is 0 Å². The number of phenols is 1. The fraction of sp³-hybridized carbons (Fsp3) is 0.100. The van der Waals surface area contributed by atoms with Crippen molar-refractivity contribution in [1.82, 2.24) is 0 Å². The molecule has 1 N–H and O–H groups in total. The normalized spacial score (nSPS) is 12.0. The number of benzene rings is 3. The monoisotopic (exact) mass is 274 g/mol. The van der Waals surface area contributed by atoms with Crippen LogP contribution in [0.1, 0.15) is 22.6 Å². The molecule has 1 unspecified atom stereocenters. The lowest BCUT2D eigenvalue weighted by molar-refractivity contribution is 0.475. The van der Waals surface area contributed by atoms with Gasteiger partial charge in [0.1, 0.15) is 5.75 Å². The van der Waals surface area contributed by atoms with Gasteiger partial charge in [-0.2, -0.15) is 0 Å². The molecule has 3 aromatic rings. The van der Waals surface area contributed by atoms with Crippen LogP contribution >= 0.6 is 0 Å². The van der Waals surface area contributed by atoms with E-state index in [2.05, 4.69) is 48.5 Å². The van der Waals surface area contributed by atoms with Crippen molar-refractivity contribution in [3.63, 3.8) is 0 Å². The second-order valence-corrected chi connectivity index (χ2v) is 5.24. The zero-order valence-corrected chi connectivity index (χ0v) is 11.8. The maximum absolute atomic E-state index is 9.50.